The molecule has 3 aromatic rings. The second kappa shape index (κ2) is 8.70. The molecule has 1 aromatic heterocycles. The van der Waals surface area contributed by atoms with Gasteiger partial charge in [0.1, 0.15) is 11.9 Å². The van der Waals surface area contributed by atoms with Gasteiger partial charge in [-0.15, -0.1) is 0 Å². The van der Waals surface area contributed by atoms with Crippen molar-refractivity contribution in [1.82, 2.24) is 10.3 Å². The van der Waals surface area contributed by atoms with Crippen LogP contribution in [0.15, 0.2) is 59.2 Å². The summed E-state index contributed by atoms with van der Waals surface area (Å²) >= 11 is 15.4. The summed E-state index contributed by atoms with van der Waals surface area (Å²) in [6, 6.07) is 13.3. The van der Waals surface area contributed by atoms with Crippen LogP contribution in [0, 0.1) is 17.1 Å². The fourth-order valence-corrected chi connectivity index (χ4v) is 3.08. The second-order valence-corrected chi connectivity index (χ2v) is 7.52. The zero-order valence-corrected chi connectivity index (χ0v) is 17.2. The van der Waals surface area contributed by atoms with Crippen LogP contribution >= 0.6 is 39.1 Å². The number of benzene rings is 2. The molecule has 4 nitrogen and oxygen atoms in total. The van der Waals surface area contributed by atoms with E-state index in [1.54, 1.807) is 42.6 Å². The molecule has 0 fully saturated rings. The number of carbonyl (C=O) groups excluding carboxylic acids is 1. The van der Waals surface area contributed by atoms with Crippen LogP contribution in [0.5, 0.6) is 0 Å². The lowest BCUT2D eigenvalue weighted by atomic mass is 10.0. The van der Waals surface area contributed by atoms with Gasteiger partial charge in [-0.3, -0.25) is 9.78 Å². The molecule has 0 aliphatic carbocycles. The maximum atomic E-state index is 13.9. The fourth-order valence-electron chi connectivity index (χ4n) is 2.54. The van der Waals surface area contributed by atoms with Crippen molar-refractivity contribution in [3.8, 4) is 6.07 Å². The Bertz CT molecular complexity index is 1080. The highest BCUT2D eigenvalue weighted by Crippen LogP contribution is 2.29. The van der Waals surface area contributed by atoms with Crippen molar-refractivity contribution < 1.29 is 9.18 Å². The van der Waals surface area contributed by atoms with Gasteiger partial charge in [0.15, 0.2) is 0 Å². The van der Waals surface area contributed by atoms with E-state index in [9.17, 15) is 9.18 Å². The van der Waals surface area contributed by atoms with Crippen molar-refractivity contribution in [3.63, 3.8) is 0 Å². The minimum Gasteiger partial charge on any atom is -0.340 e. The molecule has 0 aliphatic rings. The molecule has 28 heavy (non-hydrogen) atoms. The number of nitrogens with zero attached hydrogens (tertiary/aromatic N) is 2. The Morgan fingerprint density at radius 3 is 2.54 bits per heavy atom. The Morgan fingerprint density at radius 2 is 1.93 bits per heavy atom. The molecule has 0 saturated heterocycles. The summed E-state index contributed by atoms with van der Waals surface area (Å²) in [5, 5.41) is 12.4. The van der Waals surface area contributed by atoms with Crippen LogP contribution in [-0.4, -0.2) is 10.9 Å². The van der Waals surface area contributed by atoms with Gasteiger partial charge in [0.25, 0.3) is 5.91 Å². The van der Waals surface area contributed by atoms with Crippen molar-refractivity contribution in [2.24, 2.45) is 0 Å². The summed E-state index contributed by atoms with van der Waals surface area (Å²) in [5.74, 6) is -1.29. The van der Waals surface area contributed by atoms with Gasteiger partial charge in [-0.05, 0) is 64.0 Å². The maximum absolute atomic E-state index is 13.9. The van der Waals surface area contributed by atoms with Crippen LogP contribution in [0.1, 0.15) is 33.2 Å². The van der Waals surface area contributed by atoms with Crippen LogP contribution in [0.4, 0.5) is 4.39 Å². The summed E-state index contributed by atoms with van der Waals surface area (Å²) in [4.78, 5) is 17.1. The van der Waals surface area contributed by atoms with Crippen LogP contribution in [0.2, 0.25) is 10.0 Å². The topological polar surface area (TPSA) is 65.8 Å². The fraction of sp³-hybridized carbons (Fsp3) is 0.0500. The van der Waals surface area contributed by atoms with E-state index in [2.05, 4.69) is 26.2 Å². The first kappa shape index (κ1) is 20.3. The van der Waals surface area contributed by atoms with Gasteiger partial charge >= 0.3 is 0 Å². The number of nitriles is 1. The van der Waals surface area contributed by atoms with E-state index in [0.717, 1.165) is 10.5 Å². The summed E-state index contributed by atoms with van der Waals surface area (Å²) in [6.45, 7) is 0. The number of aromatic nitrogens is 1. The standard InChI is InChI=1S/C20H11BrCl2FN3O/c21-14-4-6-18(26-10-14)19(11-3-5-15(22)16(23)7-11)27-20(28)12-1-2-13(9-25)17(24)8-12/h1-8,10,19H,(H,27,28)/t19-/m0/s1. The van der Waals surface area contributed by atoms with Crippen molar-refractivity contribution in [2.45, 2.75) is 6.04 Å². The average Bonchev–Trinajstić information content (AvgIpc) is 2.69. The normalized spacial score (nSPS) is 11.5. The molecule has 0 radical (unpaired) electrons. The van der Waals surface area contributed by atoms with E-state index in [-0.39, 0.29) is 11.1 Å². The number of amides is 1. The van der Waals surface area contributed by atoms with Crippen molar-refractivity contribution in [3.05, 3.63) is 97.4 Å². The lowest BCUT2D eigenvalue weighted by Gasteiger charge is -2.20. The largest absolute Gasteiger partial charge is 0.340 e. The summed E-state index contributed by atoms with van der Waals surface area (Å²) in [7, 11) is 0. The van der Waals surface area contributed by atoms with Gasteiger partial charge in [-0.25, -0.2) is 4.39 Å². The minimum absolute atomic E-state index is 0.0821. The van der Waals surface area contributed by atoms with Gasteiger partial charge in [-0.2, -0.15) is 5.26 Å². The Kier molecular flexibility index (Phi) is 6.30. The first-order valence-corrected chi connectivity index (χ1v) is 9.51. The van der Waals surface area contributed by atoms with Crippen LogP contribution in [-0.2, 0) is 0 Å². The second-order valence-electron chi connectivity index (χ2n) is 5.79. The molecule has 0 bridgehead atoms. The smallest absolute Gasteiger partial charge is 0.252 e. The third kappa shape index (κ3) is 4.50. The quantitative estimate of drug-likeness (QED) is 0.524. The number of nitrogens with one attached hydrogen (secondary N) is 1. The van der Waals surface area contributed by atoms with E-state index >= 15 is 0 Å². The Labute approximate surface area is 179 Å². The van der Waals surface area contributed by atoms with E-state index in [1.807, 2.05) is 0 Å². The van der Waals surface area contributed by atoms with Crippen LogP contribution in [0.3, 0.4) is 0 Å². The SMILES string of the molecule is N#Cc1ccc(C(=O)N[C@@H](c2ccc(Cl)c(Cl)c2)c2ccc(Br)cn2)cc1F. The van der Waals surface area contributed by atoms with Crippen molar-refractivity contribution in [1.29, 1.82) is 5.26 Å². The minimum atomic E-state index is -0.761. The lowest BCUT2D eigenvalue weighted by Crippen LogP contribution is -2.30. The Hall–Kier alpha value is -2.46. The molecule has 0 saturated carbocycles. The number of pyridine rings is 1. The first-order chi connectivity index (χ1) is 13.4. The molecule has 0 unspecified atom stereocenters. The van der Waals surface area contributed by atoms with E-state index in [1.165, 1.54) is 12.1 Å². The zero-order valence-electron chi connectivity index (χ0n) is 14.1. The molecule has 1 atom stereocenters. The third-order valence-corrected chi connectivity index (χ3v) is 5.16. The van der Waals surface area contributed by atoms with E-state index in [4.69, 9.17) is 28.5 Å². The summed E-state index contributed by atoms with van der Waals surface area (Å²) < 4.78 is 14.7. The third-order valence-electron chi connectivity index (χ3n) is 3.95. The monoisotopic (exact) mass is 477 g/mol. The molecule has 3 rings (SSSR count). The van der Waals surface area contributed by atoms with Crippen molar-refractivity contribution in [2.75, 3.05) is 0 Å². The van der Waals surface area contributed by atoms with Crippen molar-refractivity contribution >= 4 is 45.0 Å². The Morgan fingerprint density at radius 1 is 1.14 bits per heavy atom. The van der Waals surface area contributed by atoms with Gasteiger partial charge < -0.3 is 5.32 Å². The molecule has 1 amide bonds. The number of hydrogen-bond acceptors (Lipinski definition) is 3. The molecule has 0 aliphatic heterocycles. The number of halogens is 4. The predicted octanol–water partition coefficient (Wildman–Crippen LogP) is 5.68. The van der Waals surface area contributed by atoms with Crippen LogP contribution < -0.4 is 5.32 Å². The first-order valence-electron chi connectivity index (χ1n) is 7.96. The molecule has 0 spiro atoms. The average molecular weight is 479 g/mol. The number of carbonyl (C=O) groups is 1. The molecule has 8 heteroatoms. The number of hydrogen-bond donors (Lipinski definition) is 1. The highest BCUT2D eigenvalue weighted by atomic mass is 79.9. The molecule has 140 valence electrons. The molecule has 1 heterocycles. The van der Waals surface area contributed by atoms with E-state index < -0.39 is 17.8 Å². The zero-order chi connectivity index (χ0) is 20.3. The molecular weight excluding hydrogens is 468 g/mol. The maximum Gasteiger partial charge on any atom is 0.252 e. The highest BCUT2D eigenvalue weighted by Gasteiger charge is 2.21. The summed E-state index contributed by atoms with van der Waals surface area (Å²) in [5.41, 5.74) is 1.17. The molecule has 2 aromatic carbocycles. The van der Waals surface area contributed by atoms with E-state index in [0.29, 0.717) is 21.3 Å². The van der Waals surface area contributed by atoms with Gasteiger partial charge in [0, 0.05) is 16.2 Å². The van der Waals surface area contributed by atoms with Gasteiger partial charge in [0.05, 0.1) is 27.3 Å². The Balaban J connectivity index is 1.98. The molecular formula is C20H11BrCl2FN3O. The lowest BCUT2D eigenvalue weighted by molar-refractivity contribution is 0.0942. The van der Waals surface area contributed by atoms with Crippen LogP contribution in [0.25, 0.3) is 0 Å². The summed E-state index contributed by atoms with van der Waals surface area (Å²) in [6.07, 6.45) is 1.60. The number of rotatable bonds is 4. The van der Waals surface area contributed by atoms with Gasteiger partial charge in [0.2, 0.25) is 0 Å². The van der Waals surface area contributed by atoms with Gasteiger partial charge in [-0.1, -0.05) is 29.3 Å². The predicted molar refractivity (Wildman–Crippen MR) is 109 cm³/mol. The molecule has 1 N–H and O–H groups in total. The highest BCUT2D eigenvalue weighted by molar-refractivity contribution is 9.10.